The van der Waals surface area contributed by atoms with Gasteiger partial charge in [0.2, 0.25) is 5.91 Å². The lowest BCUT2D eigenvalue weighted by Crippen LogP contribution is -2.52. The molecule has 0 saturated heterocycles. The van der Waals surface area contributed by atoms with Crippen LogP contribution in [0.4, 0.5) is 0 Å². The van der Waals surface area contributed by atoms with Gasteiger partial charge in [0.15, 0.2) is 6.61 Å². The Labute approximate surface area is 196 Å². The zero-order chi connectivity index (χ0) is 22.9. The van der Waals surface area contributed by atoms with Gasteiger partial charge in [-0.2, -0.15) is 0 Å². The molecule has 2 amide bonds. The van der Waals surface area contributed by atoms with Crippen molar-refractivity contribution in [1.29, 1.82) is 0 Å². The molecular weight excluding hydrogens is 424 g/mol. The fourth-order valence-corrected chi connectivity index (χ4v) is 4.24. The summed E-state index contributed by atoms with van der Waals surface area (Å²) >= 11 is 6.02. The summed E-state index contributed by atoms with van der Waals surface area (Å²) in [4.78, 5) is 28.1. The largest absolute Gasteiger partial charge is 0.484 e. The molecule has 0 aromatic heterocycles. The Kier molecular flexibility index (Phi) is 8.98. The highest BCUT2D eigenvalue weighted by Gasteiger charge is 2.30. The summed E-state index contributed by atoms with van der Waals surface area (Å²) in [5, 5.41) is 3.82. The number of hydrogen-bond donors (Lipinski definition) is 1. The van der Waals surface area contributed by atoms with Gasteiger partial charge in [-0.15, -0.1) is 0 Å². The van der Waals surface area contributed by atoms with Crippen LogP contribution in [0.25, 0.3) is 0 Å². The molecule has 1 fully saturated rings. The van der Waals surface area contributed by atoms with Crippen molar-refractivity contribution in [2.24, 2.45) is 0 Å². The zero-order valence-corrected chi connectivity index (χ0v) is 19.7. The molecular formula is C26H33ClN2O3. The quantitative estimate of drug-likeness (QED) is 0.558. The van der Waals surface area contributed by atoms with Crippen LogP contribution in [-0.4, -0.2) is 35.4 Å². The minimum absolute atomic E-state index is 0.0861. The number of benzene rings is 2. The van der Waals surface area contributed by atoms with Crippen molar-refractivity contribution in [3.63, 3.8) is 0 Å². The third kappa shape index (κ3) is 6.99. The molecule has 0 bridgehead atoms. The standard InChI is InChI=1S/C26H33ClN2O3/c1-3-24(26(31)28-22-7-5-4-6-8-22)29(17-20-11-13-21(27)14-12-20)25(30)18-32-23-15-9-19(2)10-16-23/h9-16,22,24H,3-8,17-18H2,1-2H3,(H,28,31)/t24-/m0/s1. The Bertz CT molecular complexity index is 877. The minimum atomic E-state index is -0.554. The summed E-state index contributed by atoms with van der Waals surface area (Å²) in [6, 6.07) is 14.6. The number of ether oxygens (including phenoxy) is 1. The lowest BCUT2D eigenvalue weighted by atomic mass is 9.95. The maximum atomic E-state index is 13.2. The van der Waals surface area contributed by atoms with Crippen LogP contribution in [-0.2, 0) is 16.1 Å². The number of rotatable bonds is 9. The first-order chi connectivity index (χ1) is 15.5. The van der Waals surface area contributed by atoms with Crippen LogP contribution in [0.1, 0.15) is 56.6 Å². The lowest BCUT2D eigenvalue weighted by molar-refractivity contribution is -0.143. The molecule has 5 nitrogen and oxygen atoms in total. The Hall–Kier alpha value is -2.53. The van der Waals surface area contributed by atoms with E-state index < -0.39 is 6.04 Å². The van der Waals surface area contributed by atoms with Crippen LogP contribution in [0, 0.1) is 6.92 Å². The Morgan fingerprint density at radius 2 is 1.72 bits per heavy atom. The highest BCUT2D eigenvalue weighted by molar-refractivity contribution is 6.30. The van der Waals surface area contributed by atoms with Crippen molar-refractivity contribution in [3.05, 3.63) is 64.7 Å². The second-order valence-corrected chi connectivity index (χ2v) is 8.95. The van der Waals surface area contributed by atoms with Crippen LogP contribution in [0.2, 0.25) is 5.02 Å². The van der Waals surface area contributed by atoms with Crippen LogP contribution >= 0.6 is 11.6 Å². The molecule has 3 rings (SSSR count). The fourth-order valence-electron chi connectivity index (χ4n) is 4.11. The normalized spacial score (nSPS) is 15.1. The van der Waals surface area contributed by atoms with Gasteiger partial charge in [0, 0.05) is 17.6 Å². The molecule has 32 heavy (non-hydrogen) atoms. The summed E-state index contributed by atoms with van der Waals surface area (Å²) in [7, 11) is 0. The van der Waals surface area contributed by atoms with Crippen LogP contribution in [0.15, 0.2) is 48.5 Å². The summed E-state index contributed by atoms with van der Waals surface area (Å²) in [5.74, 6) is 0.332. The third-order valence-corrected chi connectivity index (χ3v) is 6.24. The predicted molar refractivity (Wildman–Crippen MR) is 128 cm³/mol. The van der Waals surface area contributed by atoms with E-state index >= 15 is 0 Å². The van der Waals surface area contributed by atoms with E-state index in [4.69, 9.17) is 16.3 Å². The van der Waals surface area contributed by atoms with Gasteiger partial charge >= 0.3 is 0 Å². The molecule has 1 N–H and O–H groups in total. The highest BCUT2D eigenvalue weighted by atomic mass is 35.5. The molecule has 0 heterocycles. The van der Waals surface area contributed by atoms with E-state index in [1.165, 1.54) is 6.42 Å². The summed E-state index contributed by atoms with van der Waals surface area (Å²) in [5.41, 5.74) is 2.04. The maximum Gasteiger partial charge on any atom is 0.261 e. The van der Waals surface area contributed by atoms with E-state index in [9.17, 15) is 9.59 Å². The Balaban J connectivity index is 1.73. The molecule has 1 saturated carbocycles. The Morgan fingerprint density at radius 1 is 1.06 bits per heavy atom. The van der Waals surface area contributed by atoms with E-state index in [-0.39, 0.29) is 24.5 Å². The van der Waals surface area contributed by atoms with Crippen molar-refractivity contribution in [2.45, 2.75) is 71.0 Å². The number of nitrogens with one attached hydrogen (secondary N) is 1. The van der Waals surface area contributed by atoms with Crippen molar-refractivity contribution < 1.29 is 14.3 Å². The van der Waals surface area contributed by atoms with Gasteiger partial charge < -0.3 is 15.0 Å². The number of halogens is 1. The van der Waals surface area contributed by atoms with Gasteiger partial charge in [-0.05, 0) is 56.0 Å². The molecule has 0 unspecified atom stereocenters. The minimum Gasteiger partial charge on any atom is -0.484 e. The monoisotopic (exact) mass is 456 g/mol. The Morgan fingerprint density at radius 3 is 2.34 bits per heavy atom. The summed E-state index contributed by atoms with van der Waals surface area (Å²) < 4.78 is 5.74. The van der Waals surface area contributed by atoms with Crippen LogP contribution < -0.4 is 10.1 Å². The highest BCUT2D eigenvalue weighted by Crippen LogP contribution is 2.20. The number of hydrogen-bond acceptors (Lipinski definition) is 3. The maximum absolute atomic E-state index is 13.2. The second kappa shape index (κ2) is 11.9. The number of aryl methyl sites for hydroxylation is 1. The fraction of sp³-hybridized carbons (Fsp3) is 0.462. The van der Waals surface area contributed by atoms with E-state index in [0.717, 1.165) is 36.8 Å². The first-order valence-corrected chi connectivity index (χ1v) is 11.9. The molecule has 0 aliphatic heterocycles. The lowest BCUT2D eigenvalue weighted by Gasteiger charge is -2.32. The number of amides is 2. The van der Waals surface area contributed by atoms with E-state index in [1.54, 1.807) is 17.0 Å². The van der Waals surface area contributed by atoms with Gasteiger partial charge in [-0.3, -0.25) is 9.59 Å². The van der Waals surface area contributed by atoms with Crippen LogP contribution in [0.3, 0.4) is 0 Å². The number of carbonyl (C=O) groups excluding carboxylic acids is 2. The van der Waals surface area contributed by atoms with Crippen molar-refractivity contribution >= 4 is 23.4 Å². The summed E-state index contributed by atoms with van der Waals surface area (Å²) in [6.07, 6.45) is 6.04. The van der Waals surface area contributed by atoms with Gasteiger partial charge in [-0.25, -0.2) is 0 Å². The predicted octanol–water partition coefficient (Wildman–Crippen LogP) is 5.28. The molecule has 2 aromatic carbocycles. The molecule has 1 aliphatic carbocycles. The van der Waals surface area contributed by atoms with Gasteiger partial charge in [0.1, 0.15) is 11.8 Å². The molecule has 1 atom stereocenters. The van der Waals surface area contributed by atoms with Gasteiger partial charge in [0.05, 0.1) is 0 Å². The van der Waals surface area contributed by atoms with E-state index in [0.29, 0.717) is 23.7 Å². The van der Waals surface area contributed by atoms with Crippen molar-refractivity contribution in [1.82, 2.24) is 10.2 Å². The smallest absolute Gasteiger partial charge is 0.261 e. The molecule has 172 valence electrons. The van der Waals surface area contributed by atoms with Crippen molar-refractivity contribution in [3.8, 4) is 5.75 Å². The van der Waals surface area contributed by atoms with E-state index in [2.05, 4.69) is 5.32 Å². The third-order valence-electron chi connectivity index (χ3n) is 5.99. The molecule has 0 spiro atoms. The van der Waals surface area contributed by atoms with Gasteiger partial charge in [0.25, 0.3) is 5.91 Å². The molecule has 6 heteroatoms. The summed E-state index contributed by atoms with van der Waals surface area (Å²) in [6.45, 7) is 4.14. The average molecular weight is 457 g/mol. The molecule has 0 radical (unpaired) electrons. The second-order valence-electron chi connectivity index (χ2n) is 8.52. The molecule has 2 aromatic rings. The van der Waals surface area contributed by atoms with E-state index in [1.807, 2.05) is 50.2 Å². The molecule has 1 aliphatic rings. The number of carbonyl (C=O) groups is 2. The topological polar surface area (TPSA) is 58.6 Å². The van der Waals surface area contributed by atoms with Crippen LogP contribution in [0.5, 0.6) is 5.75 Å². The first-order valence-electron chi connectivity index (χ1n) is 11.5. The number of nitrogens with zero attached hydrogens (tertiary/aromatic N) is 1. The zero-order valence-electron chi connectivity index (χ0n) is 19.0. The van der Waals surface area contributed by atoms with Crippen molar-refractivity contribution in [2.75, 3.05) is 6.61 Å². The average Bonchev–Trinajstić information content (AvgIpc) is 2.80. The first kappa shape index (κ1) is 24.1. The SMILES string of the molecule is CC[C@@H](C(=O)NC1CCCCC1)N(Cc1ccc(Cl)cc1)C(=O)COc1ccc(C)cc1. The van der Waals surface area contributed by atoms with Gasteiger partial charge in [-0.1, -0.05) is 67.6 Å².